The maximum absolute atomic E-state index is 13.3. The molecular formula is C28H24F3N3O5S. The molecule has 208 valence electrons. The van der Waals surface area contributed by atoms with E-state index in [0.29, 0.717) is 12.2 Å². The quantitative estimate of drug-likeness (QED) is 0.364. The van der Waals surface area contributed by atoms with Crippen LogP contribution in [0.3, 0.4) is 0 Å². The van der Waals surface area contributed by atoms with Crippen LogP contribution in [-0.2, 0) is 22.2 Å². The second-order valence-electron chi connectivity index (χ2n) is 8.77. The number of hydrogen-bond donors (Lipinski definition) is 2. The van der Waals surface area contributed by atoms with Crippen LogP contribution in [0.15, 0.2) is 77.8 Å². The SMILES string of the molecule is COc1ccc(CCN2C(=O)CC(C(=O)Nc3cccc(C(=O)O)c3)SC2=Nc2cccc(C(F)(F)F)c2)cc1. The van der Waals surface area contributed by atoms with Crippen LogP contribution < -0.4 is 10.1 Å². The number of anilines is 1. The zero-order valence-corrected chi connectivity index (χ0v) is 22.0. The summed E-state index contributed by atoms with van der Waals surface area (Å²) in [6, 6.07) is 17.3. The number of thioether (sulfide) groups is 1. The number of amides is 2. The highest BCUT2D eigenvalue weighted by Crippen LogP contribution is 2.34. The molecule has 0 bridgehead atoms. The molecule has 1 atom stereocenters. The van der Waals surface area contributed by atoms with Crippen LogP contribution in [0.5, 0.6) is 5.75 Å². The van der Waals surface area contributed by atoms with Gasteiger partial charge in [-0.2, -0.15) is 13.2 Å². The number of methoxy groups -OCH3 is 1. The Hall–Kier alpha value is -4.32. The molecule has 0 aromatic heterocycles. The molecule has 2 N–H and O–H groups in total. The topological polar surface area (TPSA) is 108 Å². The molecule has 2 amide bonds. The Morgan fingerprint density at radius 2 is 1.82 bits per heavy atom. The fraction of sp³-hybridized carbons (Fsp3) is 0.214. The summed E-state index contributed by atoms with van der Waals surface area (Å²) in [5.74, 6) is -1.48. The fourth-order valence-electron chi connectivity index (χ4n) is 3.91. The van der Waals surface area contributed by atoms with Gasteiger partial charge < -0.3 is 15.2 Å². The van der Waals surface area contributed by atoms with Gasteiger partial charge in [0.05, 0.1) is 23.9 Å². The molecule has 0 saturated carbocycles. The van der Waals surface area contributed by atoms with Gasteiger partial charge in [-0.1, -0.05) is 36.0 Å². The monoisotopic (exact) mass is 571 g/mol. The number of aromatic carboxylic acids is 1. The largest absolute Gasteiger partial charge is 0.497 e. The normalized spacial score (nSPS) is 16.6. The van der Waals surface area contributed by atoms with E-state index in [-0.39, 0.29) is 35.1 Å². The van der Waals surface area contributed by atoms with Gasteiger partial charge in [0.15, 0.2) is 5.17 Å². The summed E-state index contributed by atoms with van der Waals surface area (Å²) < 4.78 is 45.0. The van der Waals surface area contributed by atoms with Crippen molar-refractivity contribution in [2.24, 2.45) is 4.99 Å². The Bertz CT molecular complexity index is 1440. The number of nitrogens with zero attached hydrogens (tertiary/aromatic N) is 2. The molecule has 3 aromatic carbocycles. The van der Waals surface area contributed by atoms with Gasteiger partial charge in [0.25, 0.3) is 0 Å². The number of amidine groups is 1. The third-order valence-electron chi connectivity index (χ3n) is 5.99. The van der Waals surface area contributed by atoms with Gasteiger partial charge >= 0.3 is 12.1 Å². The molecule has 0 radical (unpaired) electrons. The summed E-state index contributed by atoms with van der Waals surface area (Å²) in [4.78, 5) is 43.3. The minimum Gasteiger partial charge on any atom is -0.497 e. The predicted octanol–water partition coefficient (Wildman–Crippen LogP) is 5.62. The van der Waals surface area contributed by atoms with Gasteiger partial charge in [-0.25, -0.2) is 9.79 Å². The highest BCUT2D eigenvalue weighted by Gasteiger charge is 2.36. The van der Waals surface area contributed by atoms with E-state index in [1.165, 1.54) is 41.3 Å². The van der Waals surface area contributed by atoms with E-state index in [4.69, 9.17) is 4.74 Å². The molecule has 1 saturated heterocycles. The molecule has 1 unspecified atom stereocenters. The fourth-order valence-corrected chi connectivity index (χ4v) is 5.03. The molecule has 3 aromatic rings. The number of aliphatic imine (C=N–C) groups is 1. The molecule has 0 spiro atoms. The summed E-state index contributed by atoms with van der Waals surface area (Å²) in [6.45, 7) is 0.185. The van der Waals surface area contributed by atoms with Gasteiger partial charge in [-0.3, -0.25) is 14.5 Å². The van der Waals surface area contributed by atoms with E-state index >= 15 is 0 Å². The van der Waals surface area contributed by atoms with Crippen molar-refractivity contribution in [1.29, 1.82) is 0 Å². The Kier molecular flexibility index (Phi) is 8.78. The average molecular weight is 572 g/mol. The zero-order valence-electron chi connectivity index (χ0n) is 21.1. The molecular weight excluding hydrogens is 547 g/mol. The minimum absolute atomic E-state index is 0.0187. The van der Waals surface area contributed by atoms with Crippen LogP contribution in [0.2, 0.25) is 0 Å². The molecule has 12 heteroatoms. The molecule has 1 fully saturated rings. The molecule has 1 heterocycles. The second kappa shape index (κ2) is 12.2. The number of alkyl halides is 3. The Morgan fingerprint density at radius 1 is 1.10 bits per heavy atom. The van der Waals surface area contributed by atoms with Crippen LogP contribution in [-0.4, -0.2) is 51.9 Å². The number of carboxylic acids is 1. The number of carboxylic acid groups (broad SMARTS) is 1. The van der Waals surface area contributed by atoms with Crippen molar-refractivity contribution in [3.05, 3.63) is 89.5 Å². The first-order valence-electron chi connectivity index (χ1n) is 12.0. The molecule has 8 nitrogen and oxygen atoms in total. The zero-order chi connectivity index (χ0) is 28.9. The lowest BCUT2D eigenvalue weighted by molar-refractivity contribution is -0.137. The van der Waals surface area contributed by atoms with E-state index in [1.54, 1.807) is 19.2 Å². The Balaban J connectivity index is 1.59. The van der Waals surface area contributed by atoms with Crippen molar-refractivity contribution in [3.63, 3.8) is 0 Å². The van der Waals surface area contributed by atoms with Crippen LogP contribution in [0.4, 0.5) is 24.5 Å². The highest BCUT2D eigenvalue weighted by atomic mass is 32.2. The van der Waals surface area contributed by atoms with Crippen LogP contribution in [0.1, 0.15) is 27.9 Å². The Morgan fingerprint density at radius 3 is 2.50 bits per heavy atom. The van der Waals surface area contributed by atoms with Crippen molar-refractivity contribution in [2.75, 3.05) is 19.0 Å². The summed E-state index contributed by atoms with van der Waals surface area (Å²) in [5.41, 5.74) is 0.196. The first-order valence-corrected chi connectivity index (χ1v) is 12.9. The third-order valence-corrected chi connectivity index (χ3v) is 7.18. The summed E-state index contributed by atoms with van der Waals surface area (Å²) in [6.07, 6.45) is -4.33. The lowest BCUT2D eigenvalue weighted by atomic mass is 10.1. The number of carbonyl (C=O) groups excluding carboxylic acids is 2. The van der Waals surface area contributed by atoms with Crippen molar-refractivity contribution in [2.45, 2.75) is 24.3 Å². The van der Waals surface area contributed by atoms with E-state index in [0.717, 1.165) is 29.5 Å². The number of rotatable bonds is 8. The van der Waals surface area contributed by atoms with Gasteiger partial charge in [-0.15, -0.1) is 0 Å². The number of benzene rings is 3. The number of nitrogens with one attached hydrogen (secondary N) is 1. The number of carbonyl (C=O) groups is 3. The third kappa shape index (κ3) is 7.20. The van der Waals surface area contributed by atoms with E-state index in [1.807, 2.05) is 12.1 Å². The predicted molar refractivity (Wildman–Crippen MR) is 145 cm³/mol. The maximum Gasteiger partial charge on any atom is 0.416 e. The van der Waals surface area contributed by atoms with Crippen molar-refractivity contribution >= 4 is 46.1 Å². The first-order chi connectivity index (χ1) is 19.0. The average Bonchev–Trinajstić information content (AvgIpc) is 2.92. The standard InChI is InChI=1S/C28H24F3N3O5S/c1-39-22-10-8-17(9-11-22)12-13-34-24(35)16-23(25(36)32-20-6-2-4-18(14-20)26(37)38)40-27(34)33-21-7-3-5-19(15-21)28(29,30)31/h2-11,14-15,23H,12-13,16H2,1H3,(H,32,36)(H,37,38). The van der Waals surface area contributed by atoms with Crippen molar-refractivity contribution < 1.29 is 37.4 Å². The van der Waals surface area contributed by atoms with Gasteiger partial charge in [-0.05, 0) is 60.5 Å². The minimum atomic E-state index is -4.58. The van der Waals surface area contributed by atoms with Crippen LogP contribution in [0, 0.1) is 0 Å². The summed E-state index contributed by atoms with van der Waals surface area (Å²) >= 11 is 0.956. The van der Waals surface area contributed by atoms with Crippen molar-refractivity contribution in [3.8, 4) is 5.75 Å². The van der Waals surface area contributed by atoms with Gasteiger partial charge in [0, 0.05) is 18.7 Å². The molecule has 1 aliphatic heterocycles. The van der Waals surface area contributed by atoms with Crippen molar-refractivity contribution in [1.82, 2.24) is 4.90 Å². The lowest BCUT2D eigenvalue weighted by Crippen LogP contribution is -2.46. The smallest absolute Gasteiger partial charge is 0.416 e. The maximum atomic E-state index is 13.3. The molecule has 40 heavy (non-hydrogen) atoms. The molecule has 1 aliphatic rings. The van der Waals surface area contributed by atoms with E-state index in [9.17, 15) is 32.7 Å². The molecule has 0 aliphatic carbocycles. The number of halogens is 3. The van der Waals surface area contributed by atoms with E-state index in [2.05, 4.69) is 10.3 Å². The van der Waals surface area contributed by atoms with Gasteiger partial charge in [0.1, 0.15) is 11.0 Å². The van der Waals surface area contributed by atoms with Gasteiger partial charge in [0.2, 0.25) is 11.8 Å². The van der Waals surface area contributed by atoms with Crippen LogP contribution in [0.25, 0.3) is 0 Å². The lowest BCUT2D eigenvalue weighted by Gasteiger charge is -2.32. The second-order valence-corrected chi connectivity index (χ2v) is 9.94. The van der Waals surface area contributed by atoms with Crippen LogP contribution >= 0.6 is 11.8 Å². The first kappa shape index (κ1) is 28.7. The summed E-state index contributed by atoms with van der Waals surface area (Å²) in [7, 11) is 1.55. The number of ether oxygens (including phenoxy) is 1. The summed E-state index contributed by atoms with van der Waals surface area (Å²) in [5, 5.41) is 11.0. The highest BCUT2D eigenvalue weighted by molar-refractivity contribution is 8.15. The molecule has 4 rings (SSSR count). The number of hydrogen-bond acceptors (Lipinski definition) is 6. The van der Waals surface area contributed by atoms with E-state index < -0.39 is 34.8 Å². The Labute approximate surface area is 231 Å².